The lowest BCUT2D eigenvalue weighted by Gasteiger charge is -2.19. The standard InChI is InChI=1S/C22H27N5O.HI/c1-17(19-7-3-8-20(16-19)27-15-5-14-25-27)26-22(23-2)24-13-4-6-18-9-11-21(28)12-10-18;/h3,5,7-12,14-17,28H,4,6,13H2,1-2H3,(H2,23,24,26);1H. The molecule has 0 saturated heterocycles. The summed E-state index contributed by atoms with van der Waals surface area (Å²) < 4.78 is 1.85. The normalized spacial score (nSPS) is 12.1. The minimum Gasteiger partial charge on any atom is -0.508 e. The Labute approximate surface area is 189 Å². The summed E-state index contributed by atoms with van der Waals surface area (Å²) in [6.45, 7) is 2.94. The highest BCUT2D eigenvalue weighted by Crippen LogP contribution is 2.16. The van der Waals surface area contributed by atoms with Crippen molar-refractivity contribution in [2.45, 2.75) is 25.8 Å². The van der Waals surface area contributed by atoms with E-state index in [1.54, 1.807) is 25.4 Å². The van der Waals surface area contributed by atoms with Gasteiger partial charge in [0.2, 0.25) is 0 Å². The maximum absolute atomic E-state index is 9.34. The smallest absolute Gasteiger partial charge is 0.191 e. The van der Waals surface area contributed by atoms with Gasteiger partial charge in [0.15, 0.2) is 5.96 Å². The van der Waals surface area contributed by atoms with Crippen molar-refractivity contribution in [1.82, 2.24) is 20.4 Å². The molecule has 1 aromatic heterocycles. The van der Waals surface area contributed by atoms with Crippen molar-refractivity contribution < 1.29 is 5.11 Å². The van der Waals surface area contributed by atoms with Crippen LogP contribution in [0.15, 0.2) is 72.0 Å². The summed E-state index contributed by atoms with van der Waals surface area (Å²) in [7, 11) is 1.78. The Hall–Kier alpha value is -2.55. The highest BCUT2D eigenvalue weighted by molar-refractivity contribution is 14.0. The first kappa shape index (κ1) is 22.7. The fraction of sp³-hybridized carbons (Fsp3) is 0.273. The first-order valence-electron chi connectivity index (χ1n) is 9.51. The van der Waals surface area contributed by atoms with Gasteiger partial charge in [-0.1, -0.05) is 24.3 Å². The summed E-state index contributed by atoms with van der Waals surface area (Å²) in [6.07, 6.45) is 5.64. The van der Waals surface area contributed by atoms with Crippen molar-refractivity contribution in [2.75, 3.05) is 13.6 Å². The van der Waals surface area contributed by atoms with Crippen LogP contribution in [0, 0.1) is 0 Å². The number of nitrogens with zero attached hydrogens (tertiary/aromatic N) is 3. The monoisotopic (exact) mass is 505 g/mol. The van der Waals surface area contributed by atoms with Crippen molar-refractivity contribution in [3.8, 4) is 11.4 Å². The number of hydrogen-bond acceptors (Lipinski definition) is 3. The minimum absolute atomic E-state index is 0. The van der Waals surface area contributed by atoms with Gasteiger partial charge in [-0.05, 0) is 61.2 Å². The fourth-order valence-electron chi connectivity index (χ4n) is 3.00. The number of phenolic OH excluding ortho intramolecular Hbond substituents is 1. The number of phenols is 1. The van der Waals surface area contributed by atoms with E-state index in [0.29, 0.717) is 5.75 Å². The number of hydrogen-bond donors (Lipinski definition) is 3. The molecule has 6 nitrogen and oxygen atoms in total. The van der Waals surface area contributed by atoms with Gasteiger partial charge in [-0.25, -0.2) is 4.68 Å². The molecule has 3 rings (SSSR count). The average molecular weight is 505 g/mol. The van der Waals surface area contributed by atoms with Crippen molar-refractivity contribution in [1.29, 1.82) is 0 Å². The molecule has 0 fully saturated rings. The lowest BCUT2D eigenvalue weighted by molar-refractivity contribution is 0.475. The zero-order valence-electron chi connectivity index (χ0n) is 16.7. The summed E-state index contributed by atoms with van der Waals surface area (Å²) >= 11 is 0. The second-order valence-corrected chi connectivity index (χ2v) is 6.68. The second-order valence-electron chi connectivity index (χ2n) is 6.68. The van der Waals surface area contributed by atoms with Crippen LogP contribution in [-0.4, -0.2) is 34.4 Å². The predicted octanol–water partition coefficient (Wildman–Crippen LogP) is 4.05. The fourth-order valence-corrected chi connectivity index (χ4v) is 3.00. The third kappa shape index (κ3) is 6.77. The third-order valence-corrected chi connectivity index (χ3v) is 4.59. The molecule has 0 saturated carbocycles. The Morgan fingerprint density at radius 3 is 2.66 bits per heavy atom. The molecule has 154 valence electrons. The average Bonchev–Trinajstić information content (AvgIpc) is 3.26. The number of aromatic hydroxyl groups is 1. The SMILES string of the molecule is CN=C(NCCCc1ccc(O)cc1)NC(C)c1cccc(-n2cccn2)c1.I. The first-order chi connectivity index (χ1) is 13.7. The topological polar surface area (TPSA) is 74.5 Å². The van der Waals surface area contributed by atoms with E-state index in [2.05, 4.69) is 39.8 Å². The summed E-state index contributed by atoms with van der Waals surface area (Å²) in [4.78, 5) is 4.33. The van der Waals surface area contributed by atoms with Crippen LogP contribution in [0.1, 0.15) is 30.5 Å². The number of aromatic nitrogens is 2. The van der Waals surface area contributed by atoms with Gasteiger partial charge in [0.1, 0.15) is 5.75 Å². The molecule has 1 unspecified atom stereocenters. The molecule has 2 aromatic carbocycles. The molecule has 1 atom stereocenters. The van der Waals surface area contributed by atoms with Crippen LogP contribution in [0.5, 0.6) is 5.75 Å². The Kier molecular flexibility index (Phi) is 8.98. The highest BCUT2D eigenvalue weighted by Gasteiger charge is 2.09. The van der Waals surface area contributed by atoms with Crippen molar-refractivity contribution >= 4 is 29.9 Å². The number of aliphatic imine (C=N–C) groups is 1. The van der Waals surface area contributed by atoms with E-state index < -0.39 is 0 Å². The van der Waals surface area contributed by atoms with Crippen LogP contribution < -0.4 is 10.6 Å². The molecule has 0 radical (unpaired) electrons. The van der Waals surface area contributed by atoms with E-state index in [0.717, 1.165) is 31.0 Å². The summed E-state index contributed by atoms with van der Waals surface area (Å²) in [6, 6.07) is 17.7. The molecule has 0 bridgehead atoms. The highest BCUT2D eigenvalue weighted by atomic mass is 127. The molecule has 3 aromatic rings. The molecule has 1 heterocycles. The first-order valence-corrected chi connectivity index (χ1v) is 9.51. The van der Waals surface area contributed by atoms with Gasteiger partial charge < -0.3 is 15.7 Å². The Bertz CT molecular complexity index is 894. The van der Waals surface area contributed by atoms with Gasteiger partial charge in [-0.15, -0.1) is 24.0 Å². The van der Waals surface area contributed by atoms with Crippen LogP contribution in [-0.2, 0) is 6.42 Å². The molecule has 0 amide bonds. The molecule has 7 heteroatoms. The van der Waals surface area contributed by atoms with Gasteiger partial charge in [0.25, 0.3) is 0 Å². The van der Waals surface area contributed by atoms with Gasteiger partial charge in [-0.3, -0.25) is 4.99 Å². The number of halogens is 1. The maximum atomic E-state index is 9.34. The van der Waals surface area contributed by atoms with Crippen LogP contribution in [0.2, 0.25) is 0 Å². The van der Waals surface area contributed by atoms with Crippen LogP contribution in [0.3, 0.4) is 0 Å². The van der Waals surface area contributed by atoms with E-state index in [-0.39, 0.29) is 30.0 Å². The van der Waals surface area contributed by atoms with E-state index in [1.165, 1.54) is 11.1 Å². The molecule has 0 aliphatic rings. The summed E-state index contributed by atoms with van der Waals surface area (Å²) in [5, 5.41) is 20.4. The lowest BCUT2D eigenvalue weighted by atomic mass is 10.1. The number of nitrogens with one attached hydrogen (secondary N) is 2. The van der Waals surface area contributed by atoms with E-state index >= 15 is 0 Å². The van der Waals surface area contributed by atoms with Crippen molar-refractivity contribution in [2.24, 2.45) is 4.99 Å². The van der Waals surface area contributed by atoms with Gasteiger partial charge in [-0.2, -0.15) is 5.10 Å². The molecular weight excluding hydrogens is 477 g/mol. The third-order valence-electron chi connectivity index (χ3n) is 4.59. The number of benzene rings is 2. The number of rotatable bonds is 7. The summed E-state index contributed by atoms with van der Waals surface area (Å²) in [5.74, 6) is 1.08. The van der Waals surface area contributed by atoms with Crippen molar-refractivity contribution in [3.63, 3.8) is 0 Å². The Balaban J connectivity index is 0.00000300. The van der Waals surface area contributed by atoms with Crippen LogP contribution in [0.4, 0.5) is 0 Å². The Morgan fingerprint density at radius 2 is 1.97 bits per heavy atom. The van der Waals surface area contributed by atoms with E-state index in [1.807, 2.05) is 41.2 Å². The van der Waals surface area contributed by atoms with E-state index in [9.17, 15) is 5.11 Å². The van der Waals surface area contributed by atoms with E-state index in [4.69, 9.17) is 0 Å². The minimum atomic E-state index is 0. The molecule has 0 aliphatic carbocycles. The number of guanidine groups is 1. The summed E-state index contributed by atoms with van der Waals surface area (Å²) in [5.41, 5.74) is 3.42. The molecule has 0 spiro atoms. The van der Waals surface area contributed by atoms with Crippen molar-refractivity contribution in [3.05, 3.63) is 78.1 Å². The quantitative estimate of drug-likeness (QED) is 0.196. The predicted molar refractivity (Wildman–Crippen MR) is 128 cm³/mol. The maximum Gasteiger partial charge on any atom is 0.191 e. The van der Waals surface area contributed by atoms with Crippen LogP contribution >= 0.6 is 24.0 Å². The van der Waals surface area contributed by atoms with Gasteiger partial charge >= 0.3 is 0 Å². The number of aryl methyl sites for hydroxylation is 1. The van der Waals surface area contributed by atoms with Gasteiger partial charge in [0.05, 0.1) is 11.7 Å². The Morgan fingerprint density at radius 1 is 1.17 bits per heavy atom. The molecular formula is C22H28IN5O. The molecule has 29 heavy (non-hydrogen) atoms. The van der Waals surface area contributed by atoms with Crippen LogP contribution in [0.25, 0.3) is 5.69 Å². The molecule has 0 aliphatic heterocycles. The zero-order valence-corrected chi connectivity index (χ0v) is 19.1. The largest absolute Gasteiger partial charge is 0.508 e. The second kappa shape index (κ2) is 11.5. The lowest BCUT2D eigenvalue weighted by Crippen LogP contribution is -2.39. The zero-order chi connectivity index (χ0) is 19.8. The molecule has 3 N–H and O–H groups in total. The van der Waals surface area contributed by atoms with Gasteiger partial charge in [0, 0.05) is 26.0 Å².